The number of hydrogen-bond donors (Lipinski definition) is 3. The second-order valence-electron chi connectivity index (χ2n) is 5.99. The van der Waals surface area contributed by atoms with Crippen molar-refractivity contribution >= 4 is 33.3 Å². The van der Waals surface area contributed by atoms with Gasteiger partial charge in [-0.2, -0.15) is 0 Å². The molecule has 0 aliphatic heterocycles. The predicted octanol–water partition coefficient (Wildman–Crippen LogP) is 2.18. The molecule has 0 spiro atoms. The van der Waals surface area contributed by atoms with Crippen molar-refractivity contribution < 1.29 is 9.90 Å². The van der Waals surface area contributed by atoms with Crippen LogP contribution in [0.3, 0.4) is 0 Å². The number of amides is 1. The average molecular weight is 322 g/mol. The van der Waals surface area contributed by atoms with Crippen LogP contribution in [-0.2, 0) is 0 Å². The minimum absolute atomic E-state index is 0.0225. The Balaban J connectivity index is 2.30. The van der Waals surface area contributed by atoms with Crippen LogP contribution in [0.15, 0.2) is 6.33 Å². The van der Waals surface area contributed by atoms with E-state index in [0.717, 1.165) is 28.1 Å². The summed E-state index contributed by atoms with van der Waals surface area (Å²) in [4.78, 5) is 22.4. The summed E-state index contributed by atoms with van der Waals surface area (Å²) in [5.74, 6) is 0.625. The molecule has 7 heteroatoms. The monoisotopic (exact) mass is 322 g/mol. The van der Waals surface area contributed by atoms with Gasteiger partial charge < -0.3 is 15.7 Å². The van der Waals surface area contributed by atoms with E-state index in [1.165, 1.54) is 17.7 Å². The number of aliphatic hydroxyl groups is 1. The standard InChI is InChI=1S/C15H22N4O2S/c1-5-16-12-10-9(2)11(22-14(10)19-8-18-12)13(21)17-6-15(3,4)7-20/h8,20H,5-7H2,1-4H3,(H,17,21)(H,16,18,19). The second kappa shape index (κ2) is 6.58. The van der Waals surface area contributed by atoms with E-state index in [1.807, 2.05) is 27.7 Å². The Hall–Kier alpha value is -1.73. The highest BCUT2D eigenvalue weighted by Crippen LogP contribution is 2.33. The van der Waals surface area contributed by atoms with E-state index in [-0.39, 0.29) is 17.9 Å². The predicted molar refractivity (Wildman–Crippen MR) is 89.5 cm³/mol. The first kappa shape index (κ1) is 16.6. The van der Waals surface area contributed by atoms with E-state index in [2.05, 4.69) is 20.6 Å². The first-order valence-corrected chi connectivity index (χ1v) is 8.08. The summed E-state index contributed by atoms with van der Waals surface area (Å²) < 4.78 is 0. The Morgan fingerprint density at radius 1 is 1.41 bits per heavy atom. The molecule has 2 rings (SSSR count). The lowest BCUT2D eigenvalue weighted by molar-refractivity contribution is 0.0914. The van der Waals surface area contributed by atoms with Gasteiger partial charge in [-0.1, -0.05) is 13.8 Å². The van der Waals surface area contributed by atoms with Crippen LogP contribution in [0.1, 0.15) is 36.0 Å². The van der Waals surface area contributed by atoms with E-state index in [0.29, 0.717) is 11.4 Å². The van der Waals surface area contributed by atoms with E-state index in [1.54, 1.807) is 0 Å². The van der Waals surface area contributed by atoms with Gasteiger partial charge in [0.15, 0.2) is 0 Å². The lowest BCUT2D eigenvalue weighted by atomic mass is 9.95. The summed E-state index contributed by atoms with van der Waals surface area (Å²) in [5, 5.41) is 16.3. The van der Waals surface area contributed by atoms with Gasteiger partial charge in [0.25, 0.3) is 5.91 Å². The summed E-state index contributed by atoms with van der Waals surface area (Å²) in [5.41, 5.74) is 0.547. The molecule has 0 saturated carbocycles. The molecule has 3 N–H and O–H groups in total. The van der Waals surface area contributed by atoms with Crippen LogP contribution < -0.4 is 10.6 Å². The van der Waals surface area contributed by atoms with Gasteiger partial charge >= 0.3 is 0 Å². The van der Waals surface area contributed by atoms with Crippen molar-refractivity contribution in [1.29, 1.82) is 0 Å². The third kappa shape index (κ3) is 3.36. The number of carbonyl (C=O) groups is 1. The Kier molecular flexibility index (Phi) is 4.97. The number of aliphatic hydroxyl groups excluding tert-OH is 1. The van der Waals surface area contributed by atoms with Crippen LogP contribution >= 0.6 is 11.3 Å². The number of nitrogens with zero attached hydrogens (tertiary/aromatic N) is 2. The highest BCUT2D eigenvalue weighted by molar-refractivity contribution is 7.20. The maximum Gasteiger partial charge on any atom is 0.261 e. The maximum atomic E-state index is 12.4. The van der Waals surface area contributed by atoms with Crippen LogP contribution in [0, 0.1) is 12.3 Å². The van der Waals surface area contributed by atoms with Crippen molar-refractivity contribution in [1.82, 2.24) is 15.3 Å². The maximum absolute atomic E-state index is 12.4. The Bertz CT molecular complexity index is 681. The number of anilines is 1. The lowest BCUT2D eigenvalue weighted by Crippen LogP contribution is -2.35. The lowest BCUT2D eigenvalue weighted by Gasteiger charge is -2.21. The summed E-state index contributed by atoms with van der Waals surface area (Å²) in [7, 11) is 0. The molecule has 0 fully saturated rings. The smallest absolute Gasteiger partial charge is 0.261 e. The summed E-state index contributed by atoms with van der Waals surface area (Å²) >= 11 is 1.36. The van der Waals surface area contributed by atoms with Crippen molar-refractivity contribution in [2.24, 2.45) is 5.41 Å². The van der Waals surface area contributed by atoms with Gasteiger partial charge in [-0.05, 0) is 19.4 Å². The van der Waals surface area contributed by atoms with Gasteiger partial charge in [0.1, 0.15) is 17.0 Å². The van der Waals surface area contributed by atoms with E-state index in [4.69, 9.17) is 0 Å². The fourth-order valence-electron chi connectivity index (χ4n) is 2.05. The molecule has 0 aromatic carbocycles. The molecule has 2 aromatic rings. The Labute approximate surface area is 134 Å². The molecular formula is C15H22N4O2S. The fourth-order valence-corrected chi connectivity index (χ4v) is 3.11. The van der Waals surface area contributed by atoms with Gasteiger partial charge in [0, 0.05) is 25.1 Å². The molecule has 0 aliphatic rings. The zero-order valence-corrected chi connectivity index (χ0v) is 14.2. The van der Waals surface area contributed by atoms with Gasteiger partial charge in [0.2, 0.25) is 0 Å². The van der Waals surface area contributed by atoms with E-state index in [9.17, 15) is 9.90 Å². The van der Waals surface area contributed by atoms with Crippen molar-refractivity contribution in [2.75, 3.05) is 25.0 Å². The molecule has 2 aromatic heterocycles. The molecule has 120 valence electrons. The van der Waals surface area contributed by atoms with E-state index < -0.39 is 0 Å². The zero-order chi connectivity index (χ0) is 16.3. The number of rotatable bonds is 6. The largest absolute Gasteiger partial charge is 0.396 e. The molecule has 0 bridgehead atoms. The number of hydrogen-bond acceptors (Lipinski definition) is 6. The topological polar surface area (TPSA) is 87.1 Å². The minimum Gasteiger partial charge on any atom is -0.396 e. The normalized spacial score (nSPS) is 11.7. The van der Waals surface area contributed by atoms with Crippen LogP contribution in [0.4, 0.5) is 5.82 Å². The first-order valence-electron chi connectivity index (χ1n) is 7.26. The van der Waals surface area contributed by atoms with Gasteiger partial charge in [-0.15, -0.1) is 11.3 Å². The molecule has 2 heterocycles. The van der Waals surface area contributed by atoms with E-state index >= 15 is 0 Å². The van der Waals surface area contributed by atoms with Gasteiger partial charge in [-0.3, -0.25) is 4.79 Å². The molecule has 0 unspecified atom stereocenters. The summed E-state index contributed by atoms with van der Waals surface area (Å²) in [6.45, 7) is 8.92. The van der Waals surface area contributed by atoms with Crippen molar-refractivity contribution in [3.63, 3.8) is 0 Å². The van der Waals surface area contributed by atoms with Crippen molar-refractivity contribution in [3.05, 3.63) is 16.8 Å². The highest BCUT2D eigenvalue weighted by atomic mass is 32.1. The quantitative estimate of drug-likeness (QED) is 0.759. The Morgan fingerprint density at radius 3 is 2.77 bits per heavy atom. The van der Waals surface area contributed by atoms with Crippen LogP contribution in [0.2, 0.25) is 0 Å². The van der Waals surface area contributed by atoms with Crippen molar-refractivity contribution in [3.8, 4) is 0 Å². The number of thiophene rings is 1. The van der Waals surface area contributed by atoms with Crippen LogP contribution in [-0.4, -0.2) is 40.7 Å². The molecule has 0 radical (unpaired) electrons. The van der Waals surface area contributed by atoms with Gasteiger partial charge in [-0.25, -0.2) is 9.97 Å². The number of aryl methyl sites for hydroxylation is 1. The average Bonchev–Trinajstić information content (AvgIpc) is 2.84. The fraction of sp³-hybridized carbons (Fsp3) is 0.533. The molecule has 0 atom stereocenters. The molecule has 0 saturated heterocycles. The Morgan fingerprint density at radius 2 is 2.14 bits per heavy atom. The molecule has 6 nitrogen and oxygen atoms in total. The number of carbonyl (C=O) groups excluding carboxylic acids is 1. The number of fused-ring (bicyclic) bond motifs is 1. The molecule has 22 heavy (non-hydrogen) atoms. The zero-order valence-electron chi connectivity index (χ0n) is 13.4. The highest BCUT2D eigenvalue weighted by Gasteiger charge is 2.22. The summed E-state index contributed by atoms with van der Waals surface area (Å²) in [6.07, 6.45) is 1.51. The van der Waals surface area contributed by atoms with Crippen molar-refractivity contribution in [2.45, 2.75) is 27.7 Å². The first-order chi connectivity index (χ1) is 10.4. The van der Waals surface area contributed by atoms with Crippen LogP contribution in [0.5, 0.6) is 0 Å². The second-order valence-corrected chi connectivity index (χ2v) is 6.99. The molecular weight excluding hydrogens is 300 g/mol. The third-order valence-corrected chi connectivity index (χ3v) is 4.63. The van der Waals surface area contributed by atoms with Crippen LogP contribution in [0.25, 0.3) is 10.2 Å². The molecule has 0 aliphatic carbocycles. The SMILES string of the molecule is CCNc1ncnc2sc(C(=O)NCC(C)(C)CO)c(C)c12. The minimum atomic E-state index is -0.338. The third-order valence-electron chi connectivity index (χ3n) is 3.43. The molecule has 1 amide bonds. The number of nitrogens with one attached hydrogen (secondary N) is 2. The van der Waals surface area contributed by atoms with Gasteiger partial charge in [0.05, 0.1) is 10.3 Å². The number of aromatic nitrogens is 2. The summed E-state index contributed by atoms with van der Waals surface area (Å²) in [6, 6.07) is 0.